The second kappa shape index (κ2) is 8.94. The molecule has 0 heterocycles. The summed E-state index contributed by atoms with van der Waals surface area (Å²) in [6, 6.07) is 2.56. The molecule has 2 aliphatic carbocycles. The van der Waals surface area contributed by atoms with Crippen LogP contribution in [-0.2, 0) is 12.8 Å². The van der Waals surface area contributed by atoms with E-state index in [9.17, 15) is 0 Å². The summed E-state index contributed by atoms with van der Waals surface area (Å²) in [6.07, 6.45) is 15.7. The Labute approximate surface area is 163 Å². The van der Waals surface area contributed by atoms with Crippen LogP contribution in [0.4, 0.5) is 0 Å². The zero-order valence-electron chi connectivity index (χ0n) is 18.2. The summed E-state index contributed by atoms with van der Waals surface area (Å²) in [7, 11) is 0. The van der Waals surface area contributed by atoms with E-state index in [1.165, 1.54) is 70.6 Å². The number of hydrogen-bond donors (Lipinski definition) is 0. The molecule has 0 N–H and O–H groups in total. The number of benzene rings is 1. The van der Waals surface area contributed by atoms with Gasteiger partial charge in [-0.1, -0.05) is 52.0 Å². The molecule has 0 spiro atoms. The van der Waals surface area contributed by atoms with Crippen LogP contribution in [0.5, 0.6) is 0 Å². The summed E-state index contributed by atoms with van der Waals surface area (Å²) in [6.45, 7) is 12.0. The van der Waals surface area contributed by atoms with Gasteiger partial charge in [-0.05, 0) is 111 Å². The Morgan fingerprint density at radius 2 is 1.27 bits per heavy atom. The fraction of sp³-hybridized carbons (Fsp3) is 0.769. The summed E-state index contributed by atoms with van der Waals surface area (Å²) >= 11 is 0. The number of hydrogen-bond acceptors (Lipinski definition) is 0. The molecule has 0 atom stereocenters. The van der Waals surface area contributed by atoms with Gasteiger partial charge in [0.25, 0.3) is 0 Å². The van der Waals surface area contributed by atoms with E-state index in [1.54, 1.807) is 27.8 Å². The Morgan fingerprint density at radius 3 is 1.88 bits per heavy atom. The van der Waals surface area contributed by atoms with Crippen molar-refractivity contribution in [1.29, 1.82) is 0 Å². The zero-order chi connectivity index (χ0) is 18.7. The van der Waals surface area contributed by atoms with Crippen LogP contribution in [0.1, 0.15) is 99.5 Å². The van der Waals surface area contributed by atoms with E-state index >= 15 is 0 Å². The molecule has 146 valence electrons. The highest BCUT2D eigenvalue weighted by atomic mass is 14.3. The van der Waals surface area contributed by atoms with Crippen molar-refractivity contribution in [1.82, 2.24) is 0 Å². The molecule has 0 unspecified atom stereocenters. The van der Waals surface area contributed by atoms with Gasteiger partial charge in [0.05, 0.1) is 0 Å². The van der Waals surface area contributed by atoms with Gasteiger partial charge < -0.3 is 0 Å². The van der Waals surface area contributed by atoms with Crippen LogP contribution in [0, 0.1) is 44.4 Å². The van der Waals surface area contributed by atoms with Crippen LogP contribution in [0.25, 0.3) is 0 Å². The highest BCUT2D eigenvalue weighted by Gasteiger charge is 2.23. The van der Waals surface area contributed by atoms with Crippen LogP contribution >= 0.6 is 0 Å². The molecular weight excluding hydrogens is 312 g/mol. The van der Waals surface area contributed by atoms with Crippen molar-refractivity contribution in [2.75, 3.05) is 0 Å². The van der Waals surface area contributed by atoms with Gasteiger partial charge in [-0.25, -0.2) is 0 Å². The van der Waals surface area contributed by atoms with Gasteiger partial charge >= 0.3 is 0 Å². The predicted molar refractivity (Wildman–Crippen MR) is 115 cm³/mol. The van der Waals surface area contributed by atoms with Gasteiger partial charge in [0.2, 0.25) is 0 Å². The molecule has 2 fully saturated rings. The van der Waals surface area contributed by atoms with Crippen molar-refractivity contribution in [3.63, 3.8) is 0 Å². The third-order valence-electron chi connectivity index (χ3n) is 8.04. The lowest BCUT2D eigenvalue weighted by atomic mass is 9.76. The van der Waals surface area contributed by atoms with Crippen molar-refractivity contribution in [3.8, 4) is 0 Å². The maximum absolute atomic E-state index is 2.56. The van der Waals surface area contributed by atoms with E-state index in [0.717, 1.165) is 23.7 Å². The Morgan fingerprint density at radius 1 is 0.731 bits per heavy atom. The zero-order valence-corrected chi connectivity index (χ0v) is 18.2. The Balaban J connectivity index is 1.67. The lowest BCUT2D eigenvalue weighted by molar-refractivity contribution is 0.268. The first-order valence-corrected chi connectivity index (χ1v) is 11.6. The van der Waals surface area contributed by atoms with Crippen LogP contribution in [0.3, 0.4) is 0 Å². The van der Waals surface area contributed by atoms with Crippen molar-refractivity contribution >= 4 is 0 Å². The summed E-state index contributed by atoms with van der Waals surface area (Å²) in [5, 5.41) is 0. The quantitative estimate of drug-likeness (QED) is 0.507. The summed E-state index contributed by atoms with van der Waals surface area (Å²) in [5.41, 5.74) is 8.12. The Hall–Kier alpha value is -0.780. The van der Waals surface area contributed by atoms with Gasteiger partial charge in [0.15, 0.2) is 0 Å². The first kappa shape index (κ1) is 20.0. The lowest BCUT2D eigenvalue weighted by Gasteiger charge is -2.30. The first-order chi connectivity index (χ1) is 12.5. The molecule has 0 aliphatic heterocycles. The van der Waals surface area contributed by atoms with Gasteiger partial charge in [-0.3, -0.25) is 0 Å². The molecule has 0 bridgehead atoms. The minimum atomic E-state index is 0.930. The van der Waals surface area contributed by atoms with Gasteiger partial charge in [-0.2, -0.15) is 0 Å². The van der Waals surface area contributed by atoms with Crippen LogP contribution in [-0.4, -0.2) is 0 Å². The highest BCUT2D eigenvalue weighted by Crippen LogP contribution is 2.36. The highest BCUT2D eigenvalue weighted by molar-refractivity contribution is 5.45. The molecule has 0 radical (unpaired) electrons. The minimum Gasteiger partial charge on any atom is -0.0651 e. The van der Waals surface area contributed by atoms with E-state index in [0.29, 0.717) is 0 Å². The SMILES string of the molecule is CCC1CCC(Cc2c(C)cc(CC3CCC(C)CC3)c(C)c2C)CC1. The van der Waals surface area contributed by atoms with Crippen LogP contribution in [0.2, 0.25) is 0 Å². The molecule has 0 saturated heterocycles. The van der Waals surface area contributed by atoms with Crippen LogP contribution < -0.4 is 0 Å². The van der Waals surface area contributed by atoms with E-state index in [4.69, 9.17) is 0 Å². The van der Waals surface area contributed by atoms with E-state index in [-0.39, 0.29) is 0 Å². The molecular formula is C26H42. The smallest absolute Gasteiger partial charge is 0.0245 e. The Bertz CT molecular complexity index is 581. The molecule has 0 amide bonds. The standard InChI is InChI=1S/C26H42/c1-6-22-11-13-24(14-12-22)17-26-19(3)15-25(20(4)21(26)5)16-23-9-7-18(2)8-10-23/h15,18,22-24H,6-14,16-17H2,1-5H3. The van der Waals surface area contributed by atoms with Crippen molar-refractivity contribution < 1.29 is 0 Å². The fourth-order valence-corrected chi connectivity index (χ4v) is 5.72. The Kier molecular flexibility index (Phi) is 6.87. The second-order valence-corrected chi connectivity index (χ2v) is 9.91. The summed E-state index contributed by atoms with van der Waals surface area (Å²) in [5.74, 6) is 3.83. The van der Waals surface area contributed by atoms with E-state index in [1.807, 2.05) is 0 Å². The number of aryl methyl sites for hydroxylation is 1. The fourth-order valence-electron chi connectivity index (χ4n) is 5.72. The van der Waals surface area contributed by atoms with Gasteiger partial charge in [-0.15, -0.1) is 0 Å². The maximum atomic E-state index is 2.56. The topological polar surface area (TPSA) is 0 Å². The lowest BCUT2D eigenvalue weighted by Crippen LogP contribution is -2.18. The molecule has 1 aromatic carbocycles. The average Bonchev–Trinajstić information content (AvgIpc) is 2.65. The minimum absolute atomic E-state index is 0.930. The molecule has 2 aliphatic rings. The predicted octanol–water partition coefficient (Wildman–Crippen LogP) is 7.74. The first-order valence-electron chi connectivity index (χ1n) is 11.6. The molecule has 0 aromatic heterocycles. The van der Waals surface area contributed by atoms with Crippen molar-refractivity contribution in [2.24, 2.45) is 23.7 Å². The molecule has 2 saturated carbocycles. The summed E-state index contributed by atoms with van der Waals surface area (Å²) in [4.78, 5) is 0. The third-order valence-corrected chi connectivity index (χ3v) is 8.04. The molecule has 0 nitrogen and oxygen atoms in total. The molecule has 26 heavy (non-hydrogen) atoms. The van der Waals surface area contributed by atoms with Crippen LogP contribution in [0.15, 0.2) is 6.07 Å². The average molecular weight is 355 g/mol. The van der Waals surface area contributed by atoms with Crippen molar-refractivity contribution in [3.05, 3.63) is 33.9 Å². The summed E-state index contributed by atoms with van der Waals surface area (Å²) < 4.78 is 0. The second-order valence-electron chi connectivity index (χ2n) is 9.91. The number of rotatable bonds is 5. The van der Waals surface area contributed by atoms with E-state index < -0.39 is 0 Å². The monoisotopic (exact) mass is 354 g/mol. The van der Waals surface area contributed by atoms with Crippen molar-refractivity contribution in [2.45, 2.75) is 105 Å². The largest absolute Gasteiger partial charge is 0.0651 e. The van der Waals surface area contributed by atoms with Gasteiger partial charge in [0.1, 0.15) is 0 Å². The molecule has 1 aromatic rings. The third kappa shape index (κ3) is 4.73. The molecule has 0 heteroatoms. The van der Waals surface area contributed by atoms with Gasteiger partial charge in [0, 0.05) is 0 Å². The van der Waals surface area contributed by atoms with E-state index in [2.05, 4.69) is 40.7 Å². The maximum Gasteiger partial charge on any atom is -0.0245 e. The molecule has 3 rings (SSSR count). The normalized spacial score (nSPS) is 29.7.